The van der Waals surface area contributed by atoms with E-state index in [1.807, 2.05) is 6.07 Å². The summed E-state index contributed by atoms with van der Waals surface area (Å²) in [6, 6.07) is 8.47. The molecular formula is C14H18N2O3S. The normalized spacial score (nSPS) is 16.4. The summed E-state index contributed by atoms with van der Waals surface area (Å²) in [5, 5.41) is 8.13. The zero-order chi connectivity index (χ0) is 14.4. The SMILES string of the molecule is N#CCOc1ccc(NS(=O)(=O)C2CCCCC2)cc1. The van der Waals surface area contributed by atoms with E-state index in [0.717, 1.165) is 32.1 Å². The molecule has 0 amide bonds. The third kappa shape index (κ3) is 3.87. The molecule has 0 aromatic heterocycles. The van der Waals surface area contributed by atoms with E-state index >= 15 is 0 Å². The number of ether oxygens (including phenoxy) is 1. The number of benzene rings is 1. The molecule has 0 atom stereocenters. The van der Waals surface area contributed by atoms with E-state index in [-0.39, 0.29) is 11.9 Å². The molecule has 0 spiro atoms. The molecule has 20 heavy (non-hydrogen) atoms. The van der Waals surface area contributed by atoms with E-state index in [1.54, 1.807) is 24.3 Å². The maximum absolute atomic E-state index is 12.2. The molecule has 0 heterocycles. The van der Waals surface area contributed by atoms with Gasteiger partial charge in [0.2, 0.25) is 10.0 Å². The van der Waals surface area contributed by atoms with Crippen LogP contribution in [0.3, 0.4) is 0 Å². The number of rotatable bonds is 5. The largest absolute Gasteiger partial charge is 0.479 e. The number of hydrogen-bond acceptors (Lipinski definition) is 4. The summed E-state index contributed by atoms with van der Waals surface area (Å²) in [6.45, 7) is -0.0207. The average molecular weight is 294 g/mol. The van der Waals surface area contributed by atoms with Gasteiger partial charge < -0.3 is 4.74 Å². The van der Waals surface area contributed by atoms with Gasteiger partial charge in [0.1, 0.15) is 11.8 Å². The van der Waals surface area contributed by atoms with Crippen LogP contribution in [0.15, 0.2) is 24.3 Å². The smallest absolute Gasteiger partial charge is 0.235 e. The Morgan fingerprint density at radius 2 is 1.85 bits per heavy atom. The summed E-state index contributed by atoms with van der Waals surface area (Å²) in [5.41, 5.74) is 0.528. The second-order valence-corrected chi connectivity index (χ2v) is 6.84. The summed E-state index contributed by atoms with van der Waals surface area (Å²) >= 11 is 0. The van der Waals surface area contributed by atoms with Crippen molar-refractivity contribution < 1.29 is 13.2 Å². The van der Waals surface area contributed by atoms with Crippen LogP contribution in [0.2, 0.25) is 0 Å². The van der Waals surface area contributed by atoms with Crippen molar-refractivity contribution in [3.05, 3.63) is 24.3 Å². The quantitative estimate of drug-likeness (QED) is 0.905. The molecule has 108 valence electrons. The predicted molar refractivity (Wildman–Crippen MR) is 77.0 cm³/mol. The van der Waals surface area contributed by atoms with E-state index in [0.29, 0.717) is 11.4 Å². The summed E-state index contributed by atoms with van der Waals surface area (Å²) in [5.74, 6) is 0.548. The Morgan fingerprint density at radius 1 is 1.20 bits per heavy atom. The lowest BCUT2D eigenvalue weighted by molar-refractivity contribution is 0.368. The topological polar surface area (TPSA) is 79.2 Å². The van der Waals surface area contributed by atoms with Crippen LogP contribution in [0, 0.1) is 11.3 Å². The highest BCUT2D eigenvalue weighted by atomic mass is 32.2. The van der Waals surface area contributed by atoms with Crippen LogP contribution in [0.4, 0.5) is 5.69 Å². The molecule has 1 aromatic carbocycles. The Labute approximate surface area is 119 Å². The molecule has 0 radical (unpaired) electrons. The van der Waals surface area contributed by atoms with E-state index < -0.39 is 10.0 Å². The molecule has 1 aliphatic rings. The van der Waals surface area contributed by atoms with Gasteiger partial charge in [0, 0.05) is 5.69 Å². The summed E-state index contributed by atoms with van der Waals surface area (Å²) in [7, 11) is -3.31. The zero-order valence-electron chi connectivity index (χ0n) is 11.2. The minimum absolute atomic E-state index is 0.0207. The van der Waals surface area contributed by atoms with Gasteiger partial charge in [-0.25, -0.2) is 8.42 Å². The van der Waals surface area contributed by atoms with Gasteiger partial charge in [-0.05, 0) is 37.1 Å². The van der Waals surface area contributed by atoms with Crippen molar-refractivity contribution in [1.82, 2.24) is 0 Å². The number of hydrogen-bond donors (Lipinski definition) is 1. The molecule has 5 nitrogen and oxygen atoms in total. The van der Waals surface area contributed by atoms with Gasteiger partial charge >= 0.3 is 0 Å². The monoisotopic (exact) mass is 294 g/mol. The lowest BCUT2D eigenvalue weighted by atomic mass is 10.0. The van der Waals surface area contributed by atoms with E-state index in [1.165, 1.54) is 0 Å². The Bertz CT molecular complexity index is 569. The van der Waals surface area contributed by atoms with E-state index in [2.05, 4.69) is 4.72 Å². The van der Waals surface area contributed by atoms with Crippen molar-refractivity contribution in [3.63, 3.8) is 0 Å². The predicted octanol–water partition coefficient (Wildman–Crippen LogP) is 2.66. The molecule has 0 aliphatic heterocycles. The van der Waals surface area contributed by atoms with E-state index in [9.17, 15) is 8.42 Å². The second kappa shape index (κ2) is 6.62. The number of nitrogens with one attached hydrogen (secondary N) is 1. The average Bonchev–Trinajstić information content (AvgIpc) is 2.47. The molecule has 1 aromatic rings. The first-order valence-corrected chi connectivity index (χ1v) is 8.28. The van der Waals surface area contributed by atoms with Crippen LogP contribution in [0.1, 0.15) is 32.1 Å². The van der Waals surface area contributed by atoms with Crippen molar-refractivity contribution in [1.29, 1.82) is 5.26 Å². The van der Waals surface area contributed by atoms with Crippen LogP contribution in [0.25, 0.3) is 0 Å². The fourth-order valence-corrected chi connectivity index (χ4v) is 3.94. The molecule has 2 rings (SSSR count). The Kier molecular flexibility index (Phi) is 4.85. The lowest BCUT2D eigenvalue weighted by Gasteiger charge is -2.22. The summed E-state index contributed by atoms with van der Waals surface area (Å²) in [4.78, 5) is 0. The standard InChI is InChI=1S/C14H18N2O3S/c15-10-11-19-13-8-6-12(7-9-13)16-20(17,18)14-4-2-1-3-5-14/h6-9,14,16H,1-5,11H2. The summed E-state index contributed by atoms with van der Waals surface area (Å²) < 4.78 is 32.2. The molecule has 0 unspecified atom stereocenters. The Balaban J connectivity index is 2.00. The highest BCUT2D eigenvalue weighted by Gasteiger charge is 2.26. The van der Waals surface area contributed by atoms with Crippen LogP contribution < -0.4 is 9.46 Å². The number of nitrogens with zero attached hydrogens (tertiary/aromatic N) is 1. The minimum Gasteiger partial charge on any atom is -0.479 e. The highest BCUT2D eigenvalue weighted by molar-refractivity contribution is 7.93. The molecule has 6 heteroatoms. The van der Waals surface area contributed by atoms with Crippen molar-refractivity contribution in [3.8, 4) is 11.8 Å². The molecular weight excluding hydrogens is 276 g/mol. The third-order valence-electron chi connectivity index (χ3n) is 3.41. The Hall–Kier alpha value is -1.74. The number of sulfonamides is 1. The van der Waals surface area contributed by atoms with E-state index in [4.69, 9.17) is 10.00 Å². The van der Waals surface area contributed by atoms with Gasteiger partial charge in [-0.1, -0.05) is 19.3 Å². The van der Waals surface area contributed by atoms with Crippen LogP contribution >= 0.6 is 0 Å². The molecule has 0 bridgehead atoms. The fraction of sp³-hybridized carbons (Fsp3) is 0.500. The van der Waals surface area contributed by atoms with Crippen LogP contribution in [-0.4, -0.2) is 20.3 Å². The first-order chi connectivity index (χ1) is 9.62. The maximum atomic E-state index is 12.2. The van der Waals surface area contributed by atoms with Gasteiger partial charge in [-0.15, -0.1) is 0 Å². The fourth-order valence-electron chi connectivity index (χ4n) is 2.36. The third-order valence-corrected chi connectivity index (χ3v) is 5.28. The van der Waals surface area contributed by atoms with Crippen molar-refractivity contribution in [2.75, 3.05) is 11.3 Å². The first-order valence-electron chi connectivity index (χ1n) is 6.73. The van der Waals surface area contributed by atoms with Gasteiger partial charge in [-0.2, -0.15) is 5.26 Å². The summed E-state index contributed by atoms with van der Waals surface area (Å²) in [6.07, 6.45) is 4.55. The molecule has 1 N–H and O–H groups in total. The number of anilines is 1. The van der Waals surface area contributed by atoms with Crippen LogP contribution in [0.5, 0.6) is 5.75 Å². The highest BCUT2D eigenvalue weighted by Crippen LogP contribution is 2.25. The lowest BCUT2D eigenvalue weighted by Crippen LogP contribution is -2.29. The Morgan fingerprint density at radius 3 is 2.45 bits per heavy atom. The minimum atomic E-state index is -3.31. The molecule has 0 saturated heterocycles. The van der Waals surface area contributed by atoms with Gasteiger partial charge in [0.25, 0.3) is 0 Å². The van der Waals surface area contributed by atoms with Crippen LogP contribution in [-0.2, 0) is 10.0 Å². The molecule has 1 aliphatic carbocycles. The zero-order valence-corrected chi connectivity index (χ0v) is 12.0. The second-order valence-electron chi connectivity index (χ2n) is 4.88. The van der Waals surface area contributed by atoms with Gasteiger partial charge in [0.15, 0.2) is 6.61 Å². The van der Waals surface area contributed by atoms with Gasteiger partial charge in [-0.3, -0.25) is 4.72 Å². The molecule has 1 fully saturated rings. The van der Waals surface area contributed by atoms with Gasteiger partial charge in [0.05, 0.1) is 5.25 Å². The maximum Gasteiger partial charge on any atom is 0.235 e. The van der Waals surface area contributed by atoms with Crippen molar-refractivity contribution in [2.45, 2.75) is 37.4 Å². The number of nitriles is 1. The van der Waals surface area contributed by atoms with Crippen molar-refractivity contribution >= 4 is 15.7 Å². The first kappa shape index (κ1) is 14.7. The van der Waals surface area contributed by atoms with Crippen molar-refractivity contribution in [2.24, 2.45) is 0 Å². The molecule has 1 saturated carbocycles.